The predicted molar refractivity (Wildman–Crippen MR) is 269 cm³/mol. The Morgan fingerprint density at radius 2 is 1.41 bits per heavy atom. The maximum Gasteiger partial charge on any atom is 0.341 e. The third-order valence-electron chi connectivity index (χ3n) is 11.3. The molecule has 368 valence electrons. The van der Waals surface area contributed by atoms with Crippen LogP contribution in [-0.2, 0) is 39.8 Å². The molecule has 14 nitrogen and oxygen atoms in total. The van der Waals surface area contributed by atoms with Gasteiger partial charge in [0.25, 0.3) is 0 Å². The number of aliphatic hydroxyl groups excluding tert-OH is 1. The van der Waals surface area contributed by atoms with E-state index in [1.165, 1.54) is 33.5 Å². The molecule has 7 rings (SSSR count). The van der Waals surface area contributed by atoms with Gasteiger partial charge < -0.3 is 44.7 Å². The quantitative estimate of drug-likeness (QED) is 0.0420. The number of halogens is 3. The summed E-state index contributed by atoms with van der Waals surface area (Å²) in [6.45, 7) is 5.06. The van der Waals surface area contributed by atoms with Crippen LogP contribution >= 0.6 is 34.8 Å². The van der Waals surface area contributed by atoms with Gasteiger partial charge in [0, 0.05) is 54.6 Å². The topological polar surface area (TPSA) is 185 Å². The van der Waals surface area contributed by atoms with E-state index in [1.807, 2.05) is 42.5 Å². The highest BCUT2D eigenvalue weighted by Gasteiger charge is 2.34. The SMILES string of the molecule is COC1=C(OC)C(=O)C(CCCCCCCCCCO)=C(C)C1=O.Clc1ccc2c(c1)C(N1CCNCC1)=Nc1ccccc1O2.O=C(O)COC(=O)Cc1ccccc1Nc1c(Cl)cccc1Cl. The number of carbonyl (C=O) groups excluding carboxylic acids is 3. The summed E-state index contributed by atoms with van der Waals surface area (Å²) in [4.78, 5) is 54.0. The van der Waals surface area contributed by atoms with Gasteiger partial charge in [-0.3, -0.25) is 14.4 Å². The number of ketones is 2. The van der Waals surface area contributed by atoms with Crippen molar-refractivity contribution in [2.75, 3.05) is 58.9 Å². The Morgan fingerprint density at radius 3 is 2.07 bits per heavy atom. The molecule has 0 unspecified atom stereocenters. The molecule has 69 heavy (non-hydrogen) atoms. The fourth-order valence-corrected chi connectivity index (χ4v) is 8.34. The van der Waals surface area contributed by atoms with Crippen LogP contribution in [0.4, 0.5) is 17.1 Å². The van der Waals surface area contributed by atoms with Gasteiger partial charge in [0.05, 0.1) is 41.9 Å². The van der Waals surface area contributed by atoms with Gasteiger partial charge in [-0.05, 0) is 80.3 Å². The highest BCUT2D eigenvalue weighted by atomic mass is 35.5. The standard InChI is InChI=1S/C19H30O5.C17H16ClN3O.C16H13Cl2NO4/c1-14-15(12-10-8-6-4-5-7-9-11-13-20)17(22)19(24-3)18(23-2)16(14)21;18-12-5-6-15-13(11-12)17(21-9-7-19-8-10-21)20-14-3-1-2-4-16(14)22-15;17-11-5-3-6-12(18)16(11)19-13-7-2-1-4-10(13)8-15(22)23-9-14(20)21/h20H,4-13H2,1-3H3;1-6,11,19H,7-10H2;1-7,19H,8-9H2,(H,20,21). The van der Waals surface area contributed by atoms with Gasteiger partial charge in [-0.1, -0.05) is 110 Å². The molecule has 0 bridgehead atoms. The van der Waals surface area contributed by atoms with Crippen LogP contribution in [0.3, 0.4) is 0 Å². The average molecular weight is 1010 g/mol. The van der Waals surface area contributed by atoms with Crippen molar-refractivity contribution in [1.29, 1.82) is 0 Å². The van der Waals surface area contributed by atoms with Crippen LogP contribution in [0.5, 0.6) is 11.5 Å². The number of carboxylic acids is 1. The summed E-state index contributed by atoms with van der Waals surface area (Å²) in [7, 11) is 2.76. The van der Waals surface area contributed by atoms with Crippen molar-refractivity contribution in [3.05, 3.63) is 134 Å². The number of esters is 1. The van der Waals surface area contributed by atoms with E-state index in [4.69, 9.17) is 64.2 Å². The average Bonchev–Trinajstić information content (AvgIpc) is 3.51. The molecule has 4 aromatic rings. The maximum absolute atomic E-state index is 12.5. The summed E-state index contributed by atoms with van der Waals surface area (Å²) in [5, 5.41) is 25.3. The number of nitrogens with zero attached hydrogens (tertiary/aromatic N) is 2. The Labute approximate surface area is 418 Å². The first-order chi connectivity index (χ1) is 33.4. The molecule has 1 fully saturated rings. The Kier molecular flexibility index (Phi) is 21.9. The zero-order chi connectivity index (χ0) is 49.7. The number of methoxy groups -OCH3 is 2. The lowest BCUT2D eigenvalue weighted by Gasteiger charge is -2.30. The number of hydrogen-bond acceptors (Lipinski definition) is 13. The number of carboxylic acid groups (broad SMARTS) is 1. The lowest BCUT2D eigenvalue weighted by atomic mass is 9.89. The number of para-hydroxylation sites is 4. The molecule has 3 aliphatic rings. The number of fused-ring (bicyclic) bond motifs is 2. The minimum absolute atomic E-state index is 0.00614. The monoisotopic (exact) mass is 1000 g/mol. The summed E-state index contributed by atoms with van der Waals surface area (Å²) in [5.41, 5.74) is 4.63. The smallest absolute Gasteiger partial charge is 0.341 e. The first-order valence-corrected chi connectivity index (χ1v) is 24.0. The molecule has 0 atom stereocenters. The van der Waals surface area contributed by atoms with E-state index in [2.05, 4.69) is 20.3 Å². The second kappa shape index (κ2) is 27.9. The van der Waals surface area contributed by atoms with Gasteiger partial charge in [0.2, 0.25) is 23.1 Å². The van der Waals surface area contributed by atoms with Crippen molar-refractivity contribution in [1.82, 2.24) is 10.2 Å². The Hall–Kier alpha value is -5.90. The van der Waals surface area contributed by atoms with Crippen LogP contribution in [0.15, 0.2) is 113 Å². The summed E-state index contributed by atoms with van der Waals surface area (Å²) in [6.07, 6.45) is 9.10. The van der Waals surface area contributed by atoms with Crippen molar-refractivity contribution < 1.29 is 48.3 Å². The van der Waals surface area contributed by atoms with Gasteiger partial charge in [0.15, 0.2) is 12.4 Å². The molecule has 2 heterocycles. The first-order valence-electron chi connectivity index (χ1n) is 22.9. The normalized spacial score (nSPS) is 14.1. The maximum atomic E-state index is 12.5. The number of anilines is 2. The van der Waals surface area contributed by atoms with E-state index in [0.29, 0.717) is 49.6 Å². The molecule has 0 saturated carbocycles. The van der Waals surface area contributed by atoms with E-state index in [0.717, 1.165) is 86.9 Å². The van der Waals surface area contributed by atoms with Crippen LogP contribution in [0.1, 0.15) is 75.8 Å². The molecular weight excluding hydrogens is 947 g/mol. The molecule has 2 aliphatic heterocycles. The molecule has 0 radical (unpaired) electrons. The number of amidine groups is 1. The zero-order valence-corrected chi connectivity index (χ0v) is 41.4. The van der Waals surface area contributed by atoms with Crippen molar-refractivity contribution in [3.63, 3.8) is 0 Å². The fraction of sp³-hybridized carbons (Fsp3) is 0.365. The number of piperazine rings is 1. The van der Waals surface area contributed by atoms with Crippen LogP contribution in [0.25, 0.3) is 0 Å². The highest BCUT2D eigenvalue weighted by molar-refractivity contribution is 6.39. The largest absolute Gasteiger partial charge is 0.489 e. The van der Waals surface area contributed by atoms with E-state index in [1.54, 1.807) is 49.4 Å². The molecule has 4 N–H and O–H groups in total. The number of unbranched alkanes of at least 4 members (excludes halogenated alkanes) is 7. The molecule has 0 aromatic heterocycles. The van der Waals surface area contributed by atoms with Crippen LogP contribution in [0, 0.1) is 0 Å². The number of benzene rings is 4. The number of aliphatic hydroxyl groups is 1. The minimum atomic E-state index is -1.20. The Balaban J connectivity index is 0.000000193. The van der Waals surface area contributed by atoms with E-state index in [-0.39, 0.29) is 36.1 Å². The number of rotatable bonds is 18. The molecule has 0 amide bonds. The third-order valence-corrected chi connectivity index (χ3v) is 12.1. The molecule has 1 aliphatic carbocycles. The van der Waals surface area contributed by atoms with E-state index >= 15 is 0 Å². The third kappa shape index (κ3) is 15.8. The Bertz CT molecular complexity index is 2500. The number of allylic oxidation sites excluding steroid dienone is 2. The molecular formula is C52H59Cl3N4O10. The summed E-state index contributed by atoms with van der Waals surface area (Å²) >= 11 is 18.4. The van der Waals surface area contributed by atoms with E-state index < -0.39 is 18.5 Å². The number of aliphatic imine (C=N–C) groups is 1. The second-order valence-corrected chi connectivity index (χ2v) is 17.4. The van der Waals surface area contributed by atoms with Crippen molar-refractivity contribution >= 4 is 81.2 Å². The first kappa shape index (κ1) is 54.0. The fourth-order valence-electron chi connectivity index (χ4n) is 7.68. The zero-order valence-electron chi connectivity index (χ0n) is 39.1. The number of nitrogens with one attached hydrogen (secondary N) is 2. The number of aliphatic carboxylic acids is 1. The number of ether oxygens (including phenoxy) is 4. The lowest BCUT2D eigenvalue weighted by molar-refractivity contribution is -0.154. The molecule has 1 saturated heterocycles. The van der Waals surface area contributed by atoms with Gasteiger partial charge in [0.1, 0.15) is 17.3 Å². The summed E-state index contributed by atoms with van der Waals surface area (Å²) in [5.74, 6) is 0.216. The summed E-state index contributed by atoms with van der Waals surface area (Å²) in [6, 6.07) is 25.7. The van der Waals surface area contributed by atoms with Gasteiger partial charge >= 0.3 is 11.9 Å². The van der Waals surface area contributed by atoms with Crippen LogP contribution in [0.2, 0.25) is 15.1 Å². The van der Waals surface area contributed by atoms with Crippen LogP contribution in [-0.4, -0.2) is 98.1 Å². The van der Waals surface area contributed by atoms with Gasteiger partial charge in [-0.15, -0.1) is 0 Å². The number of Topliss-reactive ketones (excluding diaryl/α,β-unsaturated/α-hetero) is 2. The second-order valence-electron chi connectivity index (χ2n) is 16.1. The predicted octanol–water partition coefficient (Wildman–Crippen LogP) is 10.8. The summed E-state index contributed by atoms with van der Waals surface area (Å²) < 4.78 is 20.8. The lowest BCUT2D eigenvalue weighted by Crippen LogP contribution is -2.46. The van der Waals surface area contributed by atoms with Gasteiger partial charge in [-0.25, -0.2) is 9.79 Å². The van der Waals surface area contributed by atoms with Crippen molar-refractivity contribution in [2.24, 2.45) is 4.99 Å². The number of hydrogen-bond donors (Lipinski definition) is 4. The van der Waals surface area contributed by atoms with Crippen molar-refractivity contribution in [2.45, 2.75) is 71.1 Å². The van der Waals surface area contributed by atoms with E-state index in [9.17, 15) is 19.2 Å². The van der Waals surface area contributed by atoms with Crippen LogP contribution < -0.4 is 15.4 Å². The molecule has 0 spiro atoms. The molecule has 4 aromatic carbocycles. The highest BCUT2D eigenvalue weighted by Crippen LogP contribution is 2.39. The van der Waals surface area contributed by atoms with Crippen molar-refractivity contribution in [3.8, 4) is 11.5 Å². The Morgan fingerprint density at radius 1 is 0.783 bits per heavy atom. The molecule has 17 heteroatoms. The van der Waals surface area contributed by atoms with Gasteiger partial charge in [-0.2, -0.15) is 0 Å². The number of carbonyl (C=O) groups is 4. The minimum Gasteiger partial charge on any atom is -0.489 e.